The lowest BCUT2D eigenvalue weighted by Crippen LogP contribution is -2.29. The average molecular weight is 291 g/mol. The van der Waals surface area contributed by atoms with E-state index in [4.69, 9.17) is 22.2 Å². The number of hydrogen-bond donors (Lipinski definition) is 2. The van der Waals surface area contributed by atoms with Crippen molar-refractivity contribution < 1.29 is 4.74 Å². The van der Waals surface area contributed by atoms with Crippen LogP contribution in [0.4, 0.5) is 0 Å². The molecule has 0 aliphatic carbocycles. The molecular formula is C16H19ClN2O. The first-order valence-electron chi connectivity index (χ1n) is 6.60. The van der Waals surface area contributed by atoms with Gasteiger partial charge < -0.3 is 4.74 Å². The molecule has 2 aromatic rings. The molecule has 0 aliphatic rings. The quantitative estimate of drug-likeness (QED) is 0.631. The van der Waals surface area contributed by atoms with Gasteiger partial charge in [-0.3, -0.25) is 11.3 Å². The summed E-state index contributed by atoms with van der Waals surface area (Å²) in [6, 6.07) is 15.7. The molecule has 3 N–H and O–H groups in total. The Morgan fingerprint density at radius 2 is 2.00 bits per heavy atom. The molecule has 2 rings (SSSR count). The van der Waals surface area contributed by atoms with E-state index in [1.807, 2.05) is 55.5 Å². The average Bonchev–Trinajstić information content (AvgIpc) is 2.44. The summed E-state index contributed by atoms with van der Waals surface area (Å²) in [5.74, 6) is 6.49. The fourth-order valence-corrected chi connectivity index (χ4v) is 2.27. The minimum absolute atomic E-state index is 0.0264. The molecule has 0 spiro atoms. The summed E-state index contributed by atoms with van der Waals surface area (Å²) < 4.78 is 5.74. The number of nitrogens with one attached hydrogen (secondary N) is 1. The Morgan fingerprint density at radius 3 is 2.70 bits per heavy atom. The number of hydrogen-bond acceptors (Lipinski definition) is 3. The standard InChI is InChI=1S/C16H19ClN2O/c1-12-4-2-7-15(10-12)20-9-8-16(19-18)13-5-3-6-14(17)11-13/h2-7,10-11,16,19H,8-9,18H2,1H3. The number of benzene rings is 2. The van der Waals surface area contributed by atoms with Crippen molar-refractivity contribution in [3.63, 3.8) is 0 Å². The van der Waals surface area contributed by atoms with Crippen LogP contribution in [0.3, 0.4) is 0 Å². The summed E-state index contributed by atoms with van der Waals surface area (Å²) >= 11 is 5.99. The predicted octanol–water partition coefficient (Wildman–Crippen LogP) is 3.62. The molecule has 2 aromatic carbocycles. The highest BCUT2D eigenvalue weighted by molar-refractivity contribution is 6.30. The highest BCUT2D eigenvalue weighted by Crippen LogP contribution is 2.20. The van der Waals surface area contributed by atoms with Gasteiger partial charge in [-0.05, 0) is 42.3 Å². The highest BCUT2D eigenvalue weighted by atomic mass is 35.5. The van der Waals surface area contributed by atoms with E-state index < -0.39 is 0 Å². The fraction of sp³-hybridized carbons (Fsp3) is 0.250. The summed E-state index contributed by atoms with van der Waals surface area (Å²) in [7, 11) is 0. The number of ether oxygens (including phenoxy) is 1. The van der Waals surface area contributed by atoms with Crippen LogP contribution in [-0.4, -0.2) is 6.61 Å². The Labute approximate surface area is 124 Å². The number of halogens is 1. The van der Waals surface area contributed by atoms with Crippen molar-refractivity contribution >= 4 is 11.6 Å². The first-order valence-corrected chi connectivity index (χ1v) is 6.98. The smallest absolute Gasteiger partial charge is 0.119 e. The van der Waals surface area contributed by atoms with Crippen molar-refractivity contribution in [3.05, 3.63) is 64.7 Å². The van der Waals surface area contributed by atoms with Crippen molar-refractivity contribution in [3.8, 4) is 5.75 Å². The van der Waals surface area contributed by atoms with E-state index in [9.17, 15) is 0 Å². The normalized spacial score (nSPS) is 12.2. The highest BCUT2D eigenvalue weighted by Gasteiger charge is 2.10. The molecule has 1 atom stereocenters. The second kappa shape index (κ2) is 7.29. The minimum Gasteiger partial charge on any atom is -0.494 e. The third kappa shape index (κ3) is 4.23. The van der Waals surface area contributed by atoms with Crippen molar-refractivity contribution in [1.29, 1.82) is 0 Å². The van der Waals surface area contributed by atoms with Gasteiger partial charge in [-0.1, -0.05) is 35.9 Å². The SMILES string of the molecule is Cc1cccc(OCCC(NN)c2cccc(Cl)c2)c1. The molecule has 0 saturated heterocycles. The van der Waals surface area contributed by atoms with E-state index in [0.29, 0.717) is 11.6 Å². The Bertz CT molecular complexity index is 560. The van der Waals surface area contributed by atoms with Gasteiger partial charge in [0.25, 0.3) is 0 Å². The number of nitrogens with two attached hydrogens (primary N) is 1. The topological polar surface area (TPSA) is 47.3 Å². The zero-order chi connectivity index (χ0) is 14.4. The van der Waals surface area contributed by atoms with Crippen LogP contribution >= 0.6 is 11.6 Å². The third-order valence-electron chi connectivity index (χ3n) is 3.12. The van der Waals surface area contributed by atoms with Crippen molar-refractivity contribution in [1.82, 2.24) is 5.43 Å². The molecular weight excluding hydrogens is 272 g/mol. The second-order valence-electron chi connectivity index (χ2n) is 4.73. The van der Waals surface area contributed by atoms with Crippen LogP contribution in [0.5, 0.6) is 5.75 Å². The molecule has 0 fully saturated rings. The van der Waals surface area contributed by atoms with Crippen molar-refractivity contribution in [2.24, 2.45) is 5.84 Å². The molecule has 0 amide bonds. The van der Waals surface area contributed by atoms with Crippen LogP contribution in [0, 0.1) is 6.92 Å². The van der Waals surface area contributed by atoms with Crippen LogP contribution in [0.1, 0.15) is 23.6 Å². The molecule has 106 valence electrons. The number of hydrazine groups is 1. The summed E-state index contributed by atoms with van der Waals surface area (Å²) in [6.45, 7) is 2.63. The van der Waals surface area contributed by atoms with Gasteiger partial charge in [-0.25, -0.2) is 0 Å². The zero-order valence-corrected chi connectivity index (χ0v) is 12.2. The molecule has 4 heteroatoms. The molecule has 0 heterocycles. The third-order valence-corrected chi connectivity index (χ3v) is 3.35. The maximum absolute atomic E-state index is 5.99. The van der Waals surface area contributed by atoms with Gasteiger partial charge in [0, 0.05) is 17.5 Å². The molecule has 3 nitrogen and oxygen atoms in total. The molecule has 0 aromatic heterocycles. The number of rotatable bonds is 6. The van der Waals surface area contributed by atoms with Gasteiger partial charge in [-0.2, -0.15) is 0 Å². The van der Waals surface area contributed by atoms with Crippen molar-refractivity contribution in [2.75, 3.05) is 6.61 Å². The molecule has 0 aliphatic heterocycles. The summed E-state index contributed by atoms with van der Waals surface area (Å²) in [6.07, 6.45) is 0.769. The maximum Gasteiger partial charge on any atom is 0.119 e. The summed E-state index contributed by atoms with van der Waals surface area (Å²) in [4.78, 5) is 0. The van der Waals surface area contributed by atoms with Crippen LogP contribution < -0.4 is 16.0 Å². The van der Waals surface area contributed by atoms with Gasteiger partial charge in [-0.15, -0.1) is 0 Å². The first kappa shape index (κ1) is 14.9. The monoisotopic (exact) mass is 290 g/mol. The Balaban J connectivity index is 1.91. The van der Waals surface area contributed by atoms with Gasteiger partial charge in [0.2, 0.25) is 0 Å². The maximum atomic E-state index is 5.99. The van der Waals surface area contributed by atoms with Gasteiger partial charge in [0.15, 0.2) is 0 Å². The van der Waals surface area contributed by atoms with Crippen LogP contribution in [-0.2, 0) is 0 Å². The lowest BCUT2D eigenvalue weighted by Gasteiger charge is -2.17. The van der Waals surface area contributed by atoms with E-state index in [0.717, 1.165) is 17.7 Å². The van der Waals surface area contributed by atoms with Gasteiger partial charge in [0.05, 0.1) is 6.61 Å². The number of aryl methyl sites for hydroxylation is 1. The second-order valence-corrected chi connectivity index (χ2v) is 5.16. The fourth-order valence-electron chi connectivity index (χ4n) is 2.07. The summed E-state index contributed by atoms with van der Waals surface area (Å²) in [5.41, 5.74) is 5.05. The van der Waals surface area contributed by atoms with Crippen LogP contribution in [0.15, 0.2) is 48.5 Å². The van der Waals surface area contributed by atoms with E-state index in [1.54, 1.807) is 0 Å². The van der Waals surface area contributed by atoms with Gasteiger partial charge >= 0.3 is 0 Å². The first-order chi connectivity index (χ1) is 9.69. The Hall–Kier alpha value is -1.55. The molecule has 0 bridgehead atoms. The van der Waals surface area contributed by atoms with Gasteiger partial charge in [0.1, 0.15) is 5.75 Å². The lowest BCUT2D eigenvalue weighted by atomic mass is 10.1. The Morgan fingerprint density at radius 1 is 1.20 bits per heavy atom. The molecule has 1 unspecified atom stereocenters. The van der Waals surface area contributed by atoms with E-state index in [-0.39, 0.29) is 6.04 Å². The summed E-state index contributed by atoms with van der Waals surface area (Å²) in [5, 5.41) is 0.711. The molecule has 20 heavy (non-hydrogen) atoms. The van der Waals surface area contributed by atoms with Crippen LogP contribution in [0.2, 0.25) is 5.02 Å². The molecule has 0 radical (unpaired) electrons. The largest absolute Gasteiger partial charge is 0.494 e. The molecule has 0 saturated carbocycles. The van der Waals surface area contributed by atoms with E-state index in [1.165, 1.54) is 5.56 Å². The van der Waals surface area contributed by atoms with Crippen LogP contribution in [0.25, 0.3) is 0 Å². The minimum atomic E-state index is 0.0264. The van der Waals surface area contributed by atoms with Crippen molar-refractivity contribution in [2.45, 2.75) is 19.4 Å². The Kier molecular flexibility index (Phi) is 5.41. The van der Waals surface area contributed by atoms with E-state index >= 15 is 0 Å². The zero-order valence-electron chi connectivity index (χ0n) is 11.5. The van der Waals surface area contributed by atoms with E-state index in [2.05, 4.69) is 5.43 Å². The predicted molar refractivity (Wildman–Crippen MR) is 82.8 cm³/mol. The lowest BCUT2D eigenvalue weighted by molar-refractivity contribution is 0.287.